The second kappa shape index (κ2) is 3.48. The molecule has 1 rings (SSSR count). The molecular formula is C5H10O7S. The predicted octanol–water partition coefficient (Wildman–Crippen LogP) is -2.69. The smallest absolute Gasteiger partial charge is 0.267 e. The Hall–Kier alpha value is -0.250. The lowest BCUT2D eigenvalue weighted by Crippen LogP contribution is -2.35. The van der Waals surface area contributed by atoms with E-state index < -0.39 is 40.5 Å². The Labute approximate surface area is 74.3 Å². The molecule has 1 fully saturated rings. The van der Waals surface area contributed by atoms with Gasteiger partial charge >= 0.3 is 0 Å². The van der Waals surface area contributed by atoms with Gasteiger partial charge in [-0.25, -0.2) is 0 Å². The molecule has 0 aromatic carbocycles. The summed E-state index contributed by atoms with van der Waals surface area (Å²) in [5.41, 5.74) is 0. The third-order valence-electron chi connectivity index (χ3n) is 1.71. The first kappa shape index (κ1) is 10.8. The van der Waals surface area contributed by atoms with Crippen molar-refractivity contribution in [2.24, 2.45) is 0 Å². The van der Waals surface area contributed by atoms with Crippen molar-refractivity contribution < 1.29 is 33.0 Å². The minimum Gasteiger partial charge on any atom is -0.387 e. The molecule has 1 aliphatic rings. The Morgan fingerprint density at radius 1 is 1.15 bits per heavy atom. The minimum atomic E-state index is -4.29. The van der Waals surface area contributed by atoms with Crippen molar-refractivity contribution in [3.05, 3.63) is 0 Å². The molecule has 13 heavy (non-hydrogen) atoms. The maximum atomic E-state index is 10.3. The van der Waals surface area contributed by atoms with Crippen molar-refractivity contribution in [2.75, 3.05) is 5.75 Å². The maximum Gasteiger partial charge on any atom is 0.267 e. The van der Waals surface area contributed by atoms with Gasteiger partial charge in [0.2, 0.25) is 0 Å². The Morgan fingerprint density at radius 2 is 1.69 bits per heavy atom. The van der Waals surface area contributed by atoms with Gasteiger partial charge < -0.3 is 20.1 Å². The van der Waals surface area contributed by atoms with Crippen LogP contribution in [0.5, 0.6) is 0 Å². The third kappa shape index (κ3) is 2.59. The van der Waals surface area contributed by atoms with Gasteiger partial charge in [-0.3, -0.25) is 4.55 Å². The zero-order chi connectivity index (χ0) is 10.2. The van der Waals surface area contributed by atoms with E-state index >= 15 is 0 Å². The first-order chi connectivity index (χ1) is 5.81. The van der Waals surface area contributed by atoms with Gasteiger partial charge in [0.1, 0.15) is 24.1 Å². The molecule has 8 heteroatoms. The van der Waals surface area contributed by atoms with Crippen molar-refractivity contribution >= 4 is 10.1 Å². The molecule has 0 bridgehead atoms. The number of hydrogen-bond acceptors (Lipinski definition) is 6. The summed E-state index contributed by atoms with van der Waals surface area (Å²) >= 11 is 0. The Bertz CT molecular complexity index is 273. The number of ether oxygens (including phenoxy) is 1. The van der Waals surface area contributed by atoms with Crippen LogP contribution in [0.3, 0.4) is 0 Å². The molecule has 7 nitrogen and oxygen atoms in total. The lowest BCUT2D eigenvalue weighted by molar-refractivity contribution is -0.123. The second-order valence-corrected chi connectivity index (χ2v) is 4.29. The van der Waals surface area contributed by atoms with Gasteiger partial charge in [-0.05, 0) is 0 Å². The van der Waals surface area contributed by atoms with Crippen molar-refractivity contribution in [1.29, 1.82) is 0 Å². The Kier molecular flexibility index (Phi) is 2.90. The van der Waals surface area contributed by atoms with E-state index in [1.807, 2.05) is 0 Å². The molecule has 0 aromatic heterocycles. The van der Waals surface area contributed by atoms with Gasteiger partial charge in [-0.2, -0.15) is 8.42 Å². The molecule has 1 aliphatic heterocycles. The summed E-state index contributed by atoms with van der Waals surface area (Å²) < 4.78 is 33.6. The van der Waals surface area contributed by atoms with E-state index in [-0.39, 0.29) is 0 Å². The van der Waals surface area contributed by atoms with Crippen molar-refractivity contribution in [2.45, 2.75) is 24.6 Å². The average Bonchev–Trinajstić information content (AvgIpc) is 2.15. The van der Waals surface area contributed by atoms with E-state index in [0.717, 1.165) is 0 Å². The van der Waals surface area contributed by atoms with Crippen LogP contribution in [0.4, 0.5) is 0 Å². The normalized spacial score (nSPS) is 40.9. The number of aliphatic hydroxyl groups is 3. The van der Waals surface area contributed by atoms with E-state index in [9.17, 15) is 8.42 Å². The summed E-state index contributed by atoms with van der Waals surface area (Å²) in [4.78, 5) is 0. The summed E-state index contributed by atoms with van der Waals surface area (Å²) in [6.07, 6.45) is -5.99. The highest BCUT2D eigenvalue weighted by atomic mass is 32.2. The van der Waals surface area contributed by atoms with E-state index in [1.165, 1.54) is 0 Å². The molecule has 0 unspecified atom stereocenters. The molecule has 0 aliphatic carbocycles. The fraction of sp³-hybridized carbons (Fsp3) is 1.00. The summed E-state index contributed by atoms with van der Waals surface area (Å²) in [6.45, 7) is 0. The first-order valence-corrected chi connectivity index (χ1v) is 5.07. The highest BCUT2D eigenvalue weighted by Gasteiger charge is 2.43. The van der Waals surface area contributed by atoms with Crippen LogP contribution in [-0.2, 0) is 14.9 Å². The summed E-state index contributed by atoms with van der Waals surface area (Å²) in [5.74, 6) is -0.859. The SMILES string of the molecule is O=S(=O)(O)C[C@H]1O[C@H](O)[C@@H](O)[C@@H]1O. The van der Waals surface area contributed by atoms with E-state index in [1.54, 1.807) is 0 Å². The fourth-order valence-electron chi connectivity index (χ4n) is 1.07. The molecule has 1 heterocycles. The van der Waals surface area contributed by atoms with Crippen LogP contribution in [-0.4, -0.2) is 58.6 Å². The topological polar surface area (TPSA) is 124 Å². The Morgan fingerprint density at radius 3 is 2.00 bits per heavy atom. The standard InChI is InChI=1S/C5H10O7S/c6-3-2(1-13(9,10)11)12-5(8)4(3)7/h2-8H,1H2,(H,9,10,11)/t2-,3-,4+,5+/m1/s1. The third-order valence-corrected chi connectivity index (χ3v) is 2.46. The molecular weight excluding hydrogens is 204 g/mol. The highest BCUT2D eigenvalue weighted by Crippen LogP contribution is 2.20. The van der Waals surface area contributed by atoms with Crippen molar-refractivity contribution in [3.8, 4) is 0 Å². The molecule has 0 spiro atoms. The summed E-state index contributed by atoms with van der Waals surface area (Å²) in [7, 11) is -4.29. The van der Waals surface area contributed by atoms with E-state index in [4.69, 9.17) is 19.9 Å². The van der Waals surface area contributed by atoms with Crippen LogP contribution >= 0.6 is 0 Å². The summed E-state index contributed by atoms with van der Waals surface area (Å²) in [6, 6.07) is 0. The van der Waals surface area contributed by atoms with Gasteiger partial charge in [0, 0.05) is 0 Å². The number of aliphatic hydroxyl groups excluding tert-OH is 3. The zero-order valence-corrected chi connectivity index (χ0v) is 7.25. The van der Waals surface area contributed by atoms with Crippen LogP contribution in [0, 0.1) is 0 Å². The van der Waals surface area contributed by atoms with Crippen molar-refractivity contribution in [3.63, 3.8) is 0 Å². The Balaban J connectivity index is 2.64. The number of rotatable bonds is 2. The molecule has 4 atom stereocenters. The first-order valence-electron chi connectivity index (χ1n) is 3.46. The molecule has 1 saturated heterocycles. The minimum absolute atomic E-state index is 0.859. The summed E-state index contributed by atoms with van der Waals surface area (Å²) in [5, 5.41) is 26.8. The second-order valence-electron chi connectivity index (χ2n) is 2.79. The van der Waals surface area contributed by atoms with Gasteiger partial charge in [-0.15, -0.1) is 0 Å². The van der Waals surface area contributed by atoms with Gasteiger partial charge in [0.15, 0.2) is 6.29 Å². The van der Waals surface area contributed by atoms with Crippen LogP contribution in [0.1, 0.15) is 0 Å². The van der Waals surface area contributed by atoms with Crippen LogP contribution < -0.4 is 0 Å². The van der Waals surface area contributed by atoms with Gasteiger partial charge in [-0.1, -0.05) is 0 Å². The molecule has 0 saturated carbocycles. The zero-order valence-electron chi connectivity index (χ0n) is 6.44. The molecule has 0 aromatic rings. The largest absolute Gasteiger partial charge is 0.387 e. The molecule has 4 N–H and O–H groups in total. The lowest BCUT2D eigenvalue weighted by atomic mass is 10.2. The maximum absolute atomic E-state index is 10.3. The van der Waals surface area contributed by atoms with Crippen LogP contribution in [0.2, 0.25) is 0 Å². The average molecular weight is 214 g/mol. The van der Waals surface area contributed by atoms with Crippen LogP contribution in [0.25, 0.3) is 0 Å². The van der Waals surface area contributed by atoms with Crippen LogP contribution in [0.15, 0.2) is 0 Å². The highest BCUT2D eigenvalue weighted by molar-refractivity contribution is 7.85. The predicted molar refractivity (Wildman–Crippen MR) is 39.3 cm³/mol. The van der Waals surface area contributed by atoms with E-state index in [2.05, 4.69) is 4.74 Å². The quantitative estimate of drug-likeness (QED) is 0.369. The lowest BCUT2D eigenvalue weighted by Gasteiger charge is -2.11. The van der Waals surface area contributed by atoms with Gasteiger partial charge in [0.25, 0.3) is 10.1 Å². The fourth-order valence-corrected chi connectivity index (χ4v) is 1.77. The molecule has 0 radical (unpaired) electrons. The van der Waals surface area contributed by atoms with Gasteiger partial charge in [0.05, 0.1) is 0 Å². The van der Waals surface area contributed by atoms with Crippen molar-refractivity contribution in [1.82, 2.24) is 0 Å². The molecule has 0 amide bonds. The van der Waals surface area contributed by atoms with E-state index in [0.29, 0.717) is 0 Å². The number of hydrogen-bond donors (Lipinski definition) is 4. The molecule has 78 valence electrons. The monoisotopic (exact) mass is 214 g/mol.